The summed E-state index contributed by atoms with van der Waals surface area (Å²) in [5.41, 5.74) is 1.47. The predicted molar refractivity (Wildman–Crippen MR) is 77.3 cm³/mol. The van der Waals surface area contributed by atoms with Crippen LogP contribution in [0.5, 0.6) is 5.75 Å². The Morgan fingerprint density at radius 1 is 1.21 bits per heavy atom. The highest BCUT2D eigenvalue weighted by Gasteiger charge is 2.13. The number of phenols is 1. The highest BCUT2D eigenvalue weighted by molar-refractivity contribution is 6.32. The van der Waals surface area contributed by atoms with Gasteiger partial charge in [-0.05, 0) is 42.8 Å². The standard InChI is InChI=1S/C14H11Cl2NO2/c1-8-11(16)3-2-4-12(8)17-14(19)10-7-9(15)5-6-13(10)18/h2-7,18H,1H3,(H,17,19). The largest absolute Gasteiger partial charge is 0.507 e. The number of amides is 1. The van der Waals surface area contributed by atoms with E-state index in [0.717, 1.165) is 5.56 Å². The van der Waals surface area contributed by atoms with Crippen LogP contribution in [-0.4, -0.2) is 11.0 Å². The van der Waals surface area contributed by atoms with E-state index in [9.17, 15) is 9.90 Å². The maximum Gasteiger partial charge on any atom is 0.259 e. The fraction of sp³-hybridized carbons (Fsp3) is 0.0714. The Balaban J connectivity index is 2.31. The first-order valence-electron chi connectivity index (χ1n) is 5.54. The molecule has 0 saturated carbocycles. The van der Waals surface area contributed by atoms with E-state index < -0.39 is 5.91 Å². The number of hydrogen-bond donors (Lipinski definition) is 2. The topological polar surface area (TPSA) is 49.3 Å². The van der Waals surface area contributed by atoms with Crippen LogP contribution in [0.1, 0.15) is 15.9 Å². The summed E-state index contributed by atoms with van der Waals surface area (Å²) < 4.78 is 0. The van der Waals surface area contributed by atoms with Gasteiger partial charge in [0.05, 0.1) is 5.56 Å². The second kappa shape index (κ2) is 5.51. The van der Waals surface area contributed by atoms with E-state index in [4.69, 9.17) is 23.2 Å². The molecule has 98 valence electrons. The number of halogens is 2. The molecule has 0 saturated heterocycles. The highest BCUT2D eigenvalue weighted by atomic mass is 35.5. The zero-order valence-corrected chi connectivity index (χ0v) is 11.6. The van der Waals surface area contributed by atoms with Gasteiger partial charge in [-0.2, -0.15) is 0 Å². The van der Waals surface area contributed by atoms with Crippen LogP contribution in [0, 0.1) is 6.92 Å². The van der Waals surface area contributed by atoms with Crippen LogP contribution < -0.4 is 5.32 Å². The number of aromatic hydroxyl groups is 1. The van der Waals surface area contributed by atoms with E-state index in [2.05, 4.69) is 5.32 Å². The molecule has 2 N–H and O–H groups in total. The van der Waals surface area contributed by atoms with Crippen molar-refractivity contribution in [3.05, 3.63) is 57.6 Å². The molecular formula is C14H11Cl2NO2. The van der Waals surface area contributed by atoms with Gasteiger partial charge in [0.2, 0.25) is 0 Å². The summed E-state index contributed by atoms with van der Waals surface area (Å²) in [7, 11) is 0. The van der Waals surface area contributed by atoms with Crippen LogP contribution in [0.4, 0.5) is 5.69 Å². The van der Waals surface area contributed by atoms with Crippen molar-refractivity contribution in [3.8, 4) is 5.75 Å². The lowest BCUT2D eigenvalue weighted by Crippen LogP contribution is -2.13. The third-order valence-corrected chi connectivity index (χ3v) is 3.36. The number of carbonyl (C=O) groups is 1. The zero-order chi connectivity index (χ0) is 14.0. The molecule has 2 aromatic rings. The van der Waals surface area contributed by atoms with Gasteiger partial charge in [-0.15, -0.1) is 0 Å². The van der Waals surface area contributed by atoms with Crippen molar-refractivity contribution in [2.24, 2.45) is 0 Å². The minimum atomic E-state index is -0.439. The monoisotopic (exact) mass is 295 g/mol. The fourth-order valence-corrected chi connectivity index (χ4v) is 1.97. The third-order valence-electron chi connectivity index (χ3n) is 2.72. The van der Waals surface area contributed by atoms with Gasteiger partial charge in [-0.1, -0.05) is 29.3 Å². The fourth-order valence-electron chi connectivity index (χ4n) is 1.62. The van der Waals surface area contributed by atoms with Crippen molar-refractivity contribution < 1.29 is 9.90 Å². The van der Waals surface area contributed by atoms with Crippen molar-refractivity contribution in [1.82, 2.24) is 0 Å². The van der Waals surface area contributed by atoms with E-state index in [-0.39, 0.29) is 11.3 Å². The molecular weight excluding hydrogens is 285 g/mol. The average molecular weight is 296 g/mol. The highest BCUT2D eigenvalue weighted by Crippen LogP contribution is 2.26. The van der Waals surface area contributed by atoms with Gasteiger partial charge in [0.1, 0.15) is 5.75 Å². The van der Waals surface area contributed by atoms with Crippen molar-refractivity contribution >= 4 is 34.8 Å². The lowest BCUT2D eigenvalue weighted by atomic mass is 10.1. The van der Waals surface area contributed by atoms with Crippen LogP contribution in [-0.2, 0) is 0 Å². The normalized spacial score (nSPS) is 10.3. The third kappa shape index (κ3) is 3.00. The predicted octanol–water partition coefficient (Wildman–Crippen LogP) is 4.26. The van der Waals surface area contributed by atoms with Crippen molar-refractivity contribution in [2.75, 3.05) is 5.32 Å². The van der Waals surface area contributed by atoms with Gasteiger partial charge in [-0.3, -0.25) is 4.79 Å². The molecule has 3 nitrogen and oxygen atoms in total. The lowest BCUT2D eigenvalue weighted by Gasteiger charge is -2.10. The van der Waals surface area contributed by atoms with Gasteiger partial charge in [0.15, 0.2) is 0 Å². The van der Waals surface area contributed by atoms with Gasteiger partial charge < -0.3 is 10.4 Å². The second-order valence-corrected chi connectivity index (χ2v) is 4.87. The molecule has 1 amide bonds. The zero-order valence-electron chi connectivity index (χ0n) is 10.1. The summed E-state index contributed by atoms with van der Waals surface area (Å²) in [6.07, 6.45) is 0. The summed E-state index contributed by atoms with van der Waals surface area (Å²) in [5.74, 6) is -0.563. The maximum atomic E-state index is 12.1. The maximum absolute atomic E-state index is 12.1. The number of nitrogens with one attached hydrogen (secondary N) is 1. The summed E-state index contributed by atoms with van der Waals surface area (Å²) in [4.78, 5) is 12.1. The van der Waals surface area contributed by atoms with E-state index >= 15 is 0 Å². The number of carbonyl (C=O) groups excluding carboxylic acids is 1. The van der Waals surface area contributed by atoms with Gasteiger partial charge in [-0.25, -0.2) is 0 Å². The van der Waals surface area contributed by atoms with Gasteiger partial charge in [0.25, 0.3) is 5.91 Å². The average Bonchev–Trinajstić information content (AvgIpc) is 2.38. The van der Waals surface area contributed by atoms with E-state index in [1.54, 1.807) is 25.1 Å². The summed E-state index contributed by atoms with van der Waals surface area (Å²) >= 11 is 11.8. The lowest BCUT2D eigenvalue weighted by molar-refractivity contribution is 0.102. The molecule has 2 aromatic carbocycles. The Labute approximate surface area is 120 Å². The summed E-state index contributed by atoms with van der Waals surface area (Å²) in [6, 6.07) is 9.51. The molecule has 0 spiro atoms. The Hall–Kier alpha value is -1.71. The van der Waals surface area contributed by atoms with Crippen LogP contribution >= 0.6 is 23.2 Å². The molecule has 0 bridgehead atoms. The summed E-state index contributed by atoms with van der Waals surface area (Å²) in [5, 5.41) is 13.3. The molecule has 0 radical (unpaired) electrons. The molecule has 0 unspecified atom stereocenters. The van der Waals surface area contributed by atoms with Crippen molar-refractivity contribution in [1.29, 1.82) is 0 Å². The molecule has 0 atom stereocenters. The molecule has 0 aromatic heterocycles. The minimum Gasteiger partial charge on any atom is -0.507 e. The smallest absolute Gasteiger partial charge is 0.259 e. The minimum absolute atomic E-state index is 0.117. The van der Waals surface area contributed by atoms with Crippen LogP contribution in [0.15, 0.2) is 36.4 Å². The van der Waals surface area contributed by atoms with Crippen molar-refractivity contribution in [2.45, 2.75) is 6.92 Å². The Bertz CT molecular complexity index is 641. The first-order valence-corrected chi connectivity index (χ1v) is 6.29. The Morgan fingerprint density at radius 3 is 2.68 bits per heavy atom. The number of hydrogen-bond acceptors (Lipinski definition) is 2. The molecule has 0 aliphatic heterocycles. The molecule has 0 aliphatic rings. The first-order chi connectivity index (χ1) is 8.99. The summed E-state index contributed by atoms with van der Waals surface area (Å²) in [6.45, 7) is 1.80. The van der Waals surface area contributed by atoms with Crippen LogP contribution in [0.25, 0.3) is 0 Å². The van der Waals surface area contributed by atoms with Crippen molar-refractivity contribution in [3.63, 3.8) is 0 Å². The molecule has 0 heterocycles. The molecule has 5 heteroatoms. The molecule has 0 aliphatic carbocycles. The molecule has 0 fully saturated rings. The van der Waals surface area contributed by atoms with Crippen LogP contribution in [0.2, 0.25) is 10.0 Å². The second-order valence-electron chi connectivity index (χ2n) is 4.03. The number of benzene rings is 2. The van der Waals surface area contributed by atoms with E-state index in [1.165, 1.54) is 18.2 Å². The number of rotatable bonds is 2. The van der Waals surface area contributed by atoms with E-state index in [1.807, 2.05) is 0 Å². The quantitative estimate of drug-likeness (QED) is 0.870. The van der Waals surface area contributed by atoms with Gasteiger partial charge in [0, 0.05) is 15.7 Å². The van der Waals surface area contributed by atoms with Crippen LogP contribution in [0.3, 0.4) is 0 Å². The SMILES string of the molecule is Cc1c(Cl)cccc1NC(=O)c1cc(Cl)ccc1O. The number of anilines is 1. The number of phenolic OH excluding ortho intramolecular Hbond substituents is 1. The van der Waals surface area contributed by atoms with E-state index in [0.29, 0.717) is 15.7 Å². The first kappa shape index (κ1) is 13.7. The Morgan fingerprint density at radius 2 is 1.95 bits per heavy atom. The Kier molecular flexibility index (Phi) is 3.98. The molecule has 19 heavy (non-hydrogen) atoms. The van der Waals surface area contributed by atoms with Gasteiger partial charge >= 0.3 is 0 Å². The molecule has 2 rings (SSSR count).